The molecular formula is C61H92O6. The molecular weight excluding hydrogens is 829 g/mol. The van der Waals surface area contributed by atoms with Gasteiger partial charge in [-0.3, -0.25) is 14.4 Å². The van der Waals surface area contributed by atoms with Crippen molar-refractivity contribution < 1.29 is 28.6 Å². The molecule has 0 aromatic carbocycles. The summed E-state index contributed by atoms with van der Waals surface area (Å²) in [6.07, 6.45) is 78.1. The maximum atomic E-state index is 12.8. The third-order valence-electron chi connectivity index (χ3n) is 10.0. The number of rotatable bonds is 44. The molecule has 0 bridgehead atoms. The Bertz CT molecular complexity index is 1570. The van der Waals surface area contributed by atoms with Crippen LogP contribution in [0.2, 0.25) is 0 Å². The van der Waals surface area contributed by atoms with Crippen LogP contribution < -0.4 is 0 Å². The number of esters is 3. The molecule has 1 atom stereocenters. The second-order valence-corrected chi connectivity index (χ2v) is 16.3. The van der Waals surface area contributed by atoms with Crippen LogP contribution in [0.15, 0.2) is 158 Å². The topological polar surface area (TPSA) is 78.9 Å². The van der Waals surface area contributed by atoms with Crippen LogP contribution in [0.4, 0.5) is 0 Å². The third kappa shape index (κ3) is 51.9. The number of carbonyl (C=O) groups is 3. The van der Waals surface area contributed by atoms with E-state index in [2.05, 4.69) is 167 Å². The Labute approximate surface area is 409 Å². The lowest BCUT2D eigenvalue weighted by molar-refractivity contribution is -0.166. The zero-order chi connectivity index (χ0) is 48.6. The second kappa shape index (κ2) is 53.6. The minimum Gasteiger partial charge on any atom is -0.462 e. The average molecular weight is 921 g/mol. The van der Waals surface area contributed by atoms with Gasteiger partial charge in [0.05, 0.1) is 0 Å². The minimum absolute atomic E-state index is 0.149. The van der Waals surface area contributed by atoms with Gasteiger partial charge < -0.3 is 14.2 Å². The second-order valence-electron chi connectivity index (χ2n) is 16.3. The molecule has 0 aliphatic carbocycles. The van der Waals surface area contributed by atoms with E-state index in [0.29, 0.717) is 12.8 Å². The summed E-state index contributed by atoms with van der Waals surface area (Å²) in [6.45, 7) is 6.21. The van der Waals surface area contributed by atoms with Crippen LogP contribution in [0.3, 0.4) is 0 Å². The molecule has 6 nitrogen and oxygen atoms in total. The molecule has 0 aromatic rings. The largest absolute Gasteiger partial charge is 0.462 e. The fraction of sp³-hybridized carbons (Fsp3) is 0.525. The summed E-state index contributed by atoms with van der Waals surface area (Å²) in [5.41, 5.74) is 0. The minimum atomic E-state index is -0.861. The highest BCUT2D eigenvalue weighted by molar-refractivity contribution is 5.71. The highest BCUT2D eigenvalue weighted by Crippen LogP contribution is 2.09. The number of unbranched alkanes of at least 4 members (excludes halogenated alkanes) is 7. The summed E-state index contributed by atoms with van der Waals surface area (Å²) in [6, 6.07) is 0. The number of allylic oxidation sites excluding steroid dienone is 26. The highest BCUT2D eigenvalue weighted by Gasteiger charge is 2.19. The smallest absolute Gasteiger partial charge is 0.306 e. The van der Waals surface area contributed by atoms with E-state index in [-0.39, 0.29) is 44.4 Å². The van der Waals surface area contributed by atoms with Crippen LogP contribution in [0.25, 0.3) is 0 Å². The maximum Gasteiger partial charge on any atom is 0.306 e. The molecule has 0 heterocycles. The van der Waals surface area contributed by atoms with Gasteiger partial charge in [-0.2, -0.15) is 0 Å². The Hall–Kier alpha value is -4.97. The molecule has 0 aliphatic heterocycles. The highest BCUT2D eigenvalue weighted by atomic mass is 16.6. The third-order valence-corrected chi connectivity index (χ3v) is 10.0. The first-order valence-electron chi connectivity index (χ1n) is 26.0. The van der Waals surface area contributed by atoms with Crippen molar-refractivity contribution in [1.82, 2.24) is 0 Å². The van der Waals surface area contributed by atoms with E-state index < -0.39 is 12.1 Å². The Morgan fingerprint density at radius 2 is 0.627 bits per heavy atom. The van der Waals surface area contributed by atoms with Crippen molar-refractivity contribution in [2.45, 2.75) is 194 Å². The van der Waals surface area contributed by atoms with Gasteiger partial charge in [0.2, 0.25) is 0 Å². The molecule has 1 unspecified atom stereocenters. The van der Waals surface area contributed by atoms with Gasteiger partial charge in [-0.1, -0.05) is 198 Å². The Morgan fingerprint density at radius 3 is 1.00 bits per heavy atom. The Morgan fingerprint density at radius 1 is 0.313 bits per heavy atom. The van der Waals surface area contributed by atoms with Crippen LogP contribution in [-0.4, -0.2) is 37.2 Å². The van der Waals surface area contributed by atoms with Gasteiger partial charge in [0.15, 0.2) is 6.10 Å². The summed E-state index contributed by atoms with van der Waals surface area (Å²) in [5, 5.41) is 0. The molecule has 0 saturated heterocycles. The van der Waals surface area contributed by atoms with Crippen LogP contribution in [0, 0.1) is 0 Å². The molecule has 372 valence electrons. The summed E-state index contributed by atoms with van der Waals surface area (Å²) in [7, 11) is 0. The van der Waals surface area contributed by atoms with Crippen LogP contribution in [0.5, 0.6) is 0 Å². The fourth-order valence-electron chi connectivity index (χ4n) is 6.18. The maximum absolute atomic E-state index is 12.8. The van der Waals surface area contributed by atoms with Crippen molar-refractivity contribution in [3.8, 4) is 0 Å². The number of hydrogen-bond donors (Lipinski definition) is 0. The van der Waals surface area contributed by atoms with Gasteiger partial charge in [-0.15, -0.1) is 0 Å². The van der Waals surface area contributed by atoms with Gasteiger partial charge in [0, 0.05) is 19.3 Å². The van der Waals surface area contributed by atoms with Crippen molar-refractivity contribution in [3.05, 3.63) is 158 Å². The van der Waals surface area contributed by atoms with Crippen molar-refractivity contribution in [1.29, 1.82) is 0 Å². The molecule has 0 fully saturated rings. The molecule has 0 N–H and O–H groups in total. The summed E-state index contributed by atoms with van der Waals surface area (Å²) in [4.78, 5) is 38.0. The number of ether oxygens (including phenoxy) is 3. The molecule has 0 saturated carbocycles. The predicted molar refractivity (Wildman–Crippen MR) is 288 cm³/mol. The zero-order valence-electron chi connectivity index (χ0n) is 42.3. The van der Waals surface area contributed by atoms with Gasteiger partial charge in [0.25, 0.3) is 0 Å². The molecule has 0 aromatic heterocycles. The first-order valence-corrected chi connectivity index (χ1v) is 26.0. The van der Waals surface area contributed by atoms with Crippen molar-refractivity contribution >= 4 is 17.9 Å². The lowest BCUT2D eigenvalue weighted by atomic mass is 10.1. The average Bonchev–Trinajstić information content (AvgIpc) is 3.33. The van der Waals surface area contributed by atoms with E-state index in [4.69, 9.17) is 14.2 Å². The molecule has 6 heteroatoms. The molecule has 0 aliphatic rings. The first-order chi connectivity index (χ1) is 33.0. The lowest BCUT2D eigenvalue weighted by Gasteiger charge is -2.18. The zero-order valence-corrected chi connectivity index (χ0v) is 42.3. The van der Waals surface area contributed by atoms with Crippen LogP contribution >= 0.6 is 0 Å². The monoisotopic (exact) mass is 921 g/mol. The fourth-order valence-corrected chi connectivity index (χ4v) is 6.18. The van der Waals surface area contributed by atoms with Gasteiger partial charge in [-0.05, 0) is 128 Å². The quantitative estimate of drug-likeness (QED) is 0.0262. The number of hydrogen-bond acceptors (Lipinski definition) is 6. The van der Waals surface area contributed by atoms with E-state index in [1.54, 1.807) is 0 Å². The molecule has 0 spiro atoms. The van der Waals surface area contributed by atoms with Crippen molar-refractivity contribution in [2.24, 2.45) is 0 Å². The SMILES string of the molecule is CC/C=C\C/C=C\C/C=C\C/C=C\C/C=C\CCC(=O)OC(COC(=O)CCC/C=C\C/C=C\C/C=C\C/C=C\CCCCC)COC(=O)CCCCC/C=C\C/C=C\C/C=C\C/C=C\CC. The summed E-state index contributed by atoms with van der Waals surface area (Å²) >= 11 is 0. The molecule has 0 amide bonds. The molecule has 0 rings (SSSR count). The van der Waals surface area contributed by atoms with Crippen molar-refractivity contribution in [2.75, 3.05) is 13.2 Å². The first kappa shape index (κ1) is 62.0. The van der Waals surface area contributed by atoms with Crippen LogP contribution in [0.1, 0.15) is 188 Å². The normalized spacial score (nSPS) is 13.4. The standard InChI is InChI=1S/C61H92O6/c1-4-7-10-13-16-19-22-25-28-31-34-36-39-42-45-48-51-54-60(63)66-57-58(67-61(64)55-52-49-46-43-40-37-33-30-27-24-21-18-15-12-9-6-3)56-65-59(62)53-50-47-44-41-38-35-32-29-26-23-20-17-14-11-8-5-2/h8-9,11-12,16-21,25-30,34-38,40,42,45-46,49,58H,4-7,10,13-15,22-24,31-33,39,41,43-44,47-48,50-57H2,1-3H3/b11-8-,12-9-,19-16-,20-17-,21-18-,28-25-,29-26-,30-27-,36-34-,38-35-,40-37-,45-42-,49-46-. The van der Waals surface area contributed by atoms with Crippen molar-refractivity contribution in [3.63, 3.8) is 0 Å². The van der Waals surface area contributed by atoms with E-state index in [1.165, 1.54) is 25.7 Å². The lowest BCUT2D eigenvalue weighted by Crippen LogP contribution is -2.30. The van der Waals surface area contributed by atoms with E-state index >= 15 is 0 Å². The Balaban J connectivity index is 4.68. The van der Waals surface area contributed by atoms with E-state index in [0.717, 1.165) is 109 Å². The summed E-state index contributed by atoms with van der Waals surface area (Å²) in [5.74, 6) is -1.13. The summed E-state index contributed by atoms with van der Waals surface area (Å²) < 4.78 is 16.6. The molecule has 67 heavy (non-hydrogen) atoms. The van der Waals surface area contributed by atoms with E-state index in [9.17, 15) is 14.4 Å². The predicted octanol–water partition coefficient (Wildman–Crippen LogP) is 17.4. The van der Waals surface area contributed by atoms with Gasteiger partial charge in [-0.25, -0.2) is 0 Å². The van der Waals surface area contributed by atoms with Crippen LogP contribution in [-0.2, 0) is 28.6 Å². The Kier molecular flexibility index (Phi) is 49.7. The van der Waals surface area contributed by atoms with Gasteiger partial charge in [0.1, 0.15) is 13.2 Å². The number of carbonyl (C=O) groups excluding carboxylic acids is 3. The van der Waals surface area contributed by atoms with Gasteiger partial charge >= 0.3 is 17.9 Å². The molecule has 0 radical (unpaired) electrons. The van der Waals surface area contributed by atoms with E-state index in [1.807, 2.05) is 12.2 Å².